The quantitative estimate of drug-likeness (QED) is 0.600. The SMILES string of the molecule is COCC(=O)N1CCc2nc(-c3ccc(OCCCN4CCC[C@H]4C)cc3)sc2C1. The number of rotatable bonds is 8. The second-order valence-corrected chi connectivity index (χ2v) is 9.22. The predicted octanol–water partition coefficient (Wildman–Crippen LogP) is 3.59. The molecule has 1 amide bonds. The van der Waals surface area contributed by atoms with E-state index in [1.807, 2.05) is 17.0 Å². The van der Waals surface area contributed by atoms with Crippen LogP contribution in [-0.2, 0) is 22.5 Å². The number of carbonyl (C=O) groups is 1. The maximum Gasteiger partial charge on any atom is 0.248 e. The molecule has 0 saturated carbocycles. The summed E-state index contributed by atoms with van der Waals surface area (Å²) in [6.07, 6.45) is 4.51. The Labute approximate surface area is 182 Å². The summed E-state index contributed by atoms with van der Waals surface area (Å²) in [5.74, 6) is 0.949. The van der Waals surface area contributed by atoms with Crippen molar-refractivity contribution < 1.29 is 14.3 Å². The zero-order chi connectivity index (χ0) is 20.9. The monoisotopic (exact) mass is 429 g/mol. The largest absolute Gasteiger partial charge is 0.494 e. The van der Waals surface area contributed by atoms with Gasteiger partial charge in [0.15, 0.2) is 0 Å². The first-order chi connectivity index (χ1) is 14.6. The molecule has 162 valence electrons. The third-order valence-corrected chi connectivity index (χ3v) is 7.13. The van der Waals surface area contributed by atoms with E-state index in [1.54, 1.807) is 18.4 Å². The summed E-state index contributed by atoms with van der Waals surface area (Å²) in [4.78, 5) is 22.5. The highest BCUT2D eigenvalue weighted by Gasteiger charge is 2.24. The maximum absolute atomic E-state index is 12.1. The molecule has 6 nitrogen and oxygen atoms in total. The summed E-state index contributed by atoms with van der Waals surface area (Å²) in [6, 6.07) is 8.94. The fourth-order valence-electron chi connectivity index (χ4n) is 4.22. The Balaban J connectivity index is 1.30. The lowest BCUT2D eigenvalue weighted by Gasteiger charge is -2.25. The maximum atomic E-state index is 12.1. The van der Waals surface area contributed by atoms with Crippen molar-refractivity contribution in [3.05, 3.63) is 34.8 Å². The van der Waals surface area contributed by atoms with Gasteiger partial charge in [0.2, 0.25) is 5.91 Å². The number of carbonyl (C=O) groups excluding carboxylic acids is 1. The predicted molar refractivity (Wildman–Crippen MR) is 119 cm³/mol. The lowest BCUT2D eigenvalue weighted by molar-refractivity contribution is -0.136. The van der Waals surface area contributed by atoms with Crippen LogP contribution in [0.15, 0.2) is 24.3 Å². The molecule has 0 radical (unpaired) electrons. The van der Waals surface area contributed by atoms with Gasteiger partial charge in [-0.2, -0.15) is 0 Å². The highest BCUT2D eigenvalue weighted by molar-refractivity contribution is 7.15. The van der Waals surface area contributed by atoms with Crippen molar-refractivity contribution in [2.24, 2.45) is 0 Å². The van der Waals surface area contributed by atoms with E-state index >= 15 is 0 Å². The van der Waals surface area contributed by atoms with Gasteiger partial charge in [-0.3, -0.25) is 4.79 Å². The van der Waals surface area contributed by atoms with Gasteiger partial charge in [0.25, 0.3) is 0 Å². The number of amides is 1. The minimum atomic E-state index is 0.0405. The minimum Gasteiger partial charge on any atom is -0.494 e. The van der Waals surface area contributed by atoms with Crippen molar-refractivity contribution in [3.63, 3.8) is 0 Å². The molecule has 2 aliphatic heterocycles. The Kier molecular flexibility index (Phi) is 7.02. The summed E-state index contributed by atoms with van der Waals surface area (Å²) in [5.41, 5.74) is 2.22. The van der Waals surface area contributed by atoms with E-state index < -0.39 is 0 Å². The molecule has 2 aliphatic rings. The summed E-state index contributed by atoms with van der Waals surface area (Å²) in [6.45, 7) is 6.89. The Morgan fingerprint density at radius 1 is 1.27 bits per heavy atom. The van der Waals surface area contributed by atoms with Gasteiger partial charge in [0, 0.05) is 43.1 Å². The van der Waals surface area contributed by atoms with Gasteiger partial charge in [-0.25, -0.2) is 4.98 Å². The number of ether oxygens (including phenoxy) is 2. The summed E-state index contributed by atoms with van der Waals surface area (Å²) < 4.78 is 10.9. The normalized spacial score (nSPS) is 19.1. The molecule has 1 aromatic carbocycles. The Bertz CT molecular complexity index is 852. The molecule has 1 atom stereocenters. The van der Waals surface area contributed by atoms with Crippen LogP contribution in [0.2, 0.25) is 0 Å². The minimum absolute atomic E-state index is 0.0405. The van der Waals surface area contributed by atoms with Crippen molar-refractivity contribution in [1.29, 1.82) is 0 Å². The van der Waals surface area contributed by atoms with Gasteiger partial charge in [0.1, 0.15) is 17.4 Å². The van der Waals surface area contributed by atoms with Crippen LogP contribution in [0.1, 0.15) is 36.8 Å². The fourth-order valence-corrected chi connectivity index (χ4v) is 5.35. The standard InChI is InChI=1S/C23H31N3O3S/c1-17-5-3-11-25(17)12-4-14-29-19-8-6-18(7-9-19)23-24-20-10-13-26(15-21(20)30-23)22(27)16-28-2/h6-9,17H,3-5,10-16H2,1-2H3/t17-/m1/s1. The van der Waals surface area contributed by atoms with Crippen LogP contribution in [0.3, 0.4) is 0 Å². The molecule has 0 unspecified atom stereocenters. The lowest BCUT2D eigenvalue weighted by Crippen LogP contribution is -2.37. The highest BCUT2D eigenvalue weighted by atomic mass is 32.1. The van der Waals surface area contributed by atoms with Gasteiger partial charge in [-0.05, 0) is 57.0 Å². The summed E-state index contributed by atoms with van der Waals surface area (Å²) >= 11 is 1.68. The van der Waals surface area contributed by atoms with E-state index in [4.69, 9.17) is 14.5 Å². The van der Waals surface area contributed by atoms with Crippen molar-refractivity contribution in [2.75, 3.05) is 40.0 Å². The van der Waals surface area contributed by atoms with Crippen LogP contribution in [-0.4, -0.2) is 66.7 Å². The van der Waals surface area contributed by atoms with E-state index in [0.717, 1.165) is 54.0 Å². The number of thiazole rings is 1. The number of benzene rings is 1. The number of likely N-dealkylation sites (tertiary alicyclic amines) is 1. The molecule has 1 saturated heterocycles. The van der Waals surface area contributed by atoms with E-state index in [0.29, 0.717) is 13.1 Å². The molecule has 0 bridgehead atoms. The Hall–Kier alpha value is -1.96. The average Bonchev–Trinajstić information content (AvgIpc) is 3.37. The highest BCUT2D eigenvalue weighted by Crippen LogP contribution is 2.32. The molecule has 2 aromatic rings. The number of aromatic nitrogens is 1. The molecule has 4 rings (SSSR count). The van der Waals surface area contributed by atoms with Crippen LogP contribution in [0.25, 0.3) is 10.6 Å². The van der Waals surface area contributed by atoms with E-state index in [1.165, 1.54) is 24.3 Å². The van der Waals surface area contributed by atoms with Crippen LogP contribution in [0.5, 0.6) is 5.75 Å². The topological polar surface area (TPSA) is 54.9 Å². The molecule has 1 aromatic heterocycles. The van der Waals surface area contributed by atoms with Crippen LogP contribution < -0.4 is 4.74 Å². The fraction of sp³-hybridized carbons (Fsp3) is 0.565. The summed E-state index contributed by atoms with van der Waals surface area (Å²) in [7, 11) is 1.56. The third kappa shape index (κ3) is 5.02. The number of nitrogens with zero attached hydrogens (tertiary/aromatic N) is 3. The Morgan fingerprint density at radius 2 is 2.10 bits per heavy atom. The zero-order valence-corrected chi connectivity index (χ0v) is 18.7. The first kappa shape index (κ1) is 21.3. The van der Waals surface area contributed by atoms with Crippen molar-refractivity contribution >= 4 is 17.2 Å². The van der Waals surface area contributed by atoms with Crippen molar-refractivity contribution in [2.45, 2.75) is 45.2 Å². The van der Waals surface area contributed by atoms with Crippen LogP contribution in [0.4, 0.5) is 0 Å². The van der Waals surface area contributed by atoms with Crippen LogP contribution >= 0.6 is 11.3 Å². The number of methoxy groups -OCH3 is 1. The van der Waals surface area contributed by atoms with E-state index in [2.05, 4.69) is 24.0 Å². The van der Waals surface area contributed by atoms with Gasteiger partial charge in [-0.1, -0.05) is 0 Å². The summed E-state index contributed by atoms with van der Waals surface area (Å²) in [5, 5.41) is 1.01. The third-order valence-electron chi connectivity index (χ3n) is 6.00. The van der Waals surface area contributed by atoms with Crippen molar-refractivity contribution in [3.8, 4) is 16.3 Å². The molecular weight excluding hydrogens is 398 g/mol. The molecule has 0 spiro atoms. The second-order valence-electron chi connectivity index (χ2n) is 8.14. The second kappa shape index (κ2) is 9.90. The van der Waals surface area contributed by atoms with Gasteiger partial charge in [0.05, 0.1) is 18.8 Å². The molecule has 1 fully saturated rings. The van der Waals surface area contributed by atoms with Gasteiger partial charge >= 0.3 is 0 Å². The molecule has 30 heavy (non-hydrogen) atoms. The Morgan fingerprint density at radius 3 is 2.83 bits per heavy atom. The first-order valence-electron chi connectivity index (χ1n) is 10.9. The molecule has 0 N–H and O–H groups in total. The number of fused-ring (bicyclic) bond motifs is 1. The van der Waals surface area contributed by atoms with Gasteiger partial charge in [-0.15, -0.1) is 11.3 Å². The lowest BCUT2D eigenvalue weighted by atomic mass is 10.1. The first-order valence-corrected chi connectivity index (χ1v) is 11.7. The van der Waals surface area contributed by atoms with E-state index in [-0.39, 0.29) is 12.5 Å². The van der Waals surface area contributed by atoms with E-state index in [9.17, 15) is 4.79 Å². The molecular formula is C23H31N3O3S. The molecule has 7 heteroatoms. The van der Waals surface area contributed by atoms with Gasteiger partial charge < -0.3 is 19.3 Å². The zero-order valence-electron chi connectivity index (χ0n) is 17.9. The van der Waals surface area contributed by atoms with Crippen LogP contribution in [0, 0.1) is 0 Å². The smallest absolute Gasteiger partial charge is 0.248 e. The number of hydrogen-bond donors (Lipinski definition) is 0. The molecule has 3 heterocycles. The molecule has 0 aliphatic carbocycles. The number of hydrogen-bond acceptors (Lipinski definition) is 6. The van der Waals surface area contributed by atoms with Crippen molar-refractivity contribution in [1.82, 2.24) is 14.8 Å². The average molecular weight is 430 g/mol.